The van der Waals surface area contributed by atoms with E-state index in [1.54, 1.807) is 0 Å². The maximum absolute atomic E-state index is 12.4. The van der Waals surface area contributed by atoms with E-state index in [0.717, 1.165) is 25.1 Å². The number of carbonyl (C=O) groups excluding carboxylic acids is 1. The number of H-pyrrole nitrogens is 1. The lowest BCUT2D eigenvalue weighted by Gasteiger charge is -2.32. The van der Waals surface area contributed by atoms with Gasteiger partial charge in [-0.1, -0.05) is 19.1 Å². The van der Waals surface area contributed by atoms with Crippen LogP contribution in [0.5, 0.6) is 0 Å². The number of hydrogen-bond donors (Lipinski definition) is 1. The van der Waals surface area contributed by atoms with E-state index < -0.39 is 0 Å². The Hall–Kier alpha value is -1.69. The molecule has 1 aromatic heterocycles. The number of hydrogen-bond acceptors (Lipinski definition) is 4. The second kappa shape index (κ2) is 6.39. The van der Waals surface area contributed by atoms with Gasteiger partial charge in [-0.15, -0.1) is 0 Å². The van der Waals surface area contributed by atoms with Crippen molar-refractivity contribution in [1.82, 2.24) is 20.1 Å². The molecule has 0 unspecified atom stereocenters. The Bertz CT molecular complexity index is 525. The largest absolute Gasteiger partial charge is 0.366 e. The number of rotatable bonds is 4. The first-order valence-electron chi connectivity index (χ1n) is 7.73. The third kappa shape index (κ3) is 3.32. The van der Waals surface area contributed by atoms with Gasteiger partial charge >= 0.3 is 0 Å². The van der Waals surface area contributed by atoms with Crippen LogP contribution in [0.3, 0.4) is 0 Å². The predicted octanol–water partition coefficient (Wildman–Crippen LogP) is 1.62. The zero-order valence-corrected chi connectivity index (χ0v) is 12.4. The van der Waals surface area contributed by atoms with Crippen molar-refractivity contribution in [3.05, 3.63) is 23.8 Å². The molecule has 2 heterocycles. The summed E-state index contributed by atoms with van der Waals surface area (Å²) in [4.78, 5) is 18.7. The van der Waals surface area contributed by atoms with E-state index in [0.29, 0.717) is 37.9 Å². The molecule has 6 heteroatoms. The summed E-state index contributed by atoms with van der Waals surface area (Å²) >= 11 is 0. The first-order chi connectivity index (χ1) is 10.3. The molecule has 0 radical (unpaired) electrons. The molecule has 1 aliphatic carbocycles. The monoisotopic (exact) mass is 290 g/mol. The Morgan fingerprint density at radius 1 is 1.57 bits per heavy atom. The maximum Gasteiger partial charge on any atom is 0.223 e. The fourth-order valence-corrected chi connectivity index (χ4v) is 2.86. The van der Waals surface area contributed by atoms with Gasteiger partial charge in [0.1, 0.15) is 11.9 Å². The van der Waals surface area contributed by atoms with E-state index in [1.807, 2.05) is 11.8 Å². The van der Waals surface area contributed by atoms with Crippen molar-refractivity contribution in [3.63, 3.8) is 0 Å². The minimum atomic E-state index is -0.210. The highest BCUT2D eigenvalue weighted by Gasteiger charge is 2.29. The van der Waals surface area contributed by atoms with E-state index in [1.165, 1.54) is 0 Å². The molecule has 1 amide bonds. The molecule has 2 aliphatic rings. The number of morpholine rings is 1. The van der Waals surface area contributed by atoms with Crippen LogP contribution >= 0.6 is 0 Å². The number of aromatic nitrogens is 3. The van der Waals surface area contributed by atoms with Crippen LogP contribution in [0.15, 0.2) is 12.2 Å². The van der Waals surface area contributed by atoms with Gasteiger partial charge in [-0.3, -0.25) is 9.89 Å². The van der Waals surface area contributed by atoms with Gasteiger partial charge < -0.3 is 9.64 Å². The first kappa shape index (κ1) is 14.3. The Morgan fingerprint density at radius 3 is 3.19 bits per heavy atom. The van der Waals surface area contributed by atoms with Crippen molar-refractivity contribution in [2.45, 2.75) is 38.7 Å². The molecule has 0 bridgehead atoms. The highest BCUT2D eigenvalue weighted by molar-refractivity contribution is 5.76. The van der Waals surface area contributed by atoms with Gasteiger partial charge in [0.05, 0.1) is 13.2 Å². The van der Waals surface area contributed by atoms with E-state index in [9.17, 15) is 4.79 Å². The average molecular weight is 290 g/mol. The number of ether oxygens (including phenoxy) is 1. The molecule has 2 atom stereocenters. The molecule has 1 fully saturated rings. The highest BCUT2D eigenvalue weighted by atomic mass is 16.5. The Kier molecular flexibility index (Phi) is 4.34. The molecule has 1 N–H and O–H groups in total. The molecule has 0 aromatic carbocycles. The molecule has 1 aliphatic heterocycles. The molecule has 114 valence electrons. The molecule has 1 aromatic rings. The molecule has 3 rings (SSSR count). The van der Waals surface area contributed by atoms with Crippen LogP contribution in [0.4, 0.5) is 0 Å². The van der Waals surface area contributed by atoms with Gasteiger partial charge in [0.2, 0.25) is 5.91 Å². The number of nitrogens with zero attached hydrogens (tertiary/aromatic N) is 3. The van der Waals surface area contributed by atoms with Crippen molar-refractivity contribution in [3.8, 4) is 0 Å². The Balaban J connectivity index is 1.59. The number of allylic oxidation sites excluding steroid dienone is 2. The second-order valence-corrected chi connectivity index (χ2v) is 5.66. The van der Waals surface area contributed by atoms with E-state index >= 15 is 0 Å². The van der Waals surface area contributed by atoms with Crippen molar-refractivity contribution < 1.29 is 9.53 Å². The fourth-order valence-electron chi connectivity index (χ4n) is 2.86. The maximum atomic E-state index is 12.4. The average Bonchev–Trinajstić information content (AvgIpc) is 3.18. The van der Waals surface area contributed by atoms with E-state index in [-0.39, 0.29) is 12.0 Å². The van der Waals surface area contributed by atoms with Crippen LogP contribution in [-0.4, -0.2) is 45.7 Å². The third-order valence-corrected chi connectivity index (χ3v) is 4.14. The van der Waals surface area contributed by atoms with Gasteiger partial charge in [0.15, 0.2) is 5.82 Å². The number of carbonyl (C=O) groups is 1. The van der Waals surface area contributed by atoms with Gasteiger partial charge in [-0.05, 0) is 18.8 Å². The molecule has 21 heavy (non-hydrogen) atoms. The fraction of sp³-hybridized carbons (Fsp3) is 0.667. The topological polar surface area (TPSA) is 71.1 Å². The van der Waals surface area contributed by atoms with E-state index in [4.69, 9.17) is 4.74 Å². The summed E-state index contributed by atoms with van der Waals surface area (Å²) in [5, 5.41) is 7.10. The second-order valence-electron chi connectivity index (χ2n) is 5.66. The lowest BCUT2D eigenvalue weighted by atomic mass is 10.0. The SMILES string of the molecule is CCc1nc([C@H]2CN(C(=O)C[C@H]3C=CCC3)CCO2)n[nH]1. The summed E-state index contributed by atoms with van der Waals surface area (Å²) in [5.74, 6) is 2.14. The first-order valence-corrected chi connectivity index (χ1v) is 7.73. The number of nitrogens with one attached hydrogen (secondary N) is 1. The third-order valence-electron chi connectivity index (χ3n) is 4.14. The normalized spacial score (nSPS) is 25.5. The summed E-state index contributed by atoms with van der Waals surface area (Å²) in [6.45, 7) is 3.79. The van der Waals surface area contributed by atoms with Crippen LogP contribution in [0.2, 0.25) is 0 Å². The Morgan fingerprint density at radius 2 is 2.48 bits per heavy atom. The lowest BCUT2D eigenvalue weighted by molar-refractivity contribution is -0.140. The van der Waals surface area contributed by atoms with Gasteiger partial charge in [-0.25, -0.2) is 4.98 Å². The summed E-state index contributed by atoms with van der Waals surface area (Å²) < 4.78 is 5.72. The molecule has 0 spiro atoms. The predicted molar refractivity (Wildman–Crippen MR) is 77.5 cm³/mol. The molecular weight excluding hydrogens is 268 g/mol. The molecule has 0 saturated carbocycles. The number of aryl methyl sites for hydroxylation is 1. The molecular formula is C15H22N4O2. The van der Waals surface area contributed by atoms with Gasteiger partial charge in [-0.2, -0.15) is 5.10 Å². The van der Waals surface area contributed by atoms with Crippen molar-refractivity contribution in [2.24, 2.45) is 5.92 Å². The standard InChI is InChI=1S/C15H22N4O2/c1-2-13-16-15(18-17-13)12-10-19(7-8-21-12)14(20)9-11-5-3-4-6-11/h3,5,11-12H,2,4,6-10H2,1H3,(H,16,17,18)/t11-,12+/m0/s1. The lowest BCUT2D eigenvalue weighted by Crippen LogP contribution is -2.43. The van der Waals surface area contributed by atoms with Crippen molar-refractivity contribution >= 4 is 5.91 Å². The zero-order valence-electron chi connectivity index (χ0n) is 12.4. The van der Waals surface area contributed by atoms with Gasteiger partial charge in [0, 0.05) is 19.4 Å². The summed E-state index contributed by atoms with van der Waals surface area (Å²) in [6.07, 6.45) is 7.74. The smallest absolute Gasteiger partial charge is 0.223 e. The van der Waals surface area contributed by atoms with E-state index in [2.05, 4.69) is 27.3 Å². The minimum absolute atomic E-state index is 0.210. The van der Waals surface area contributed by atoms with Crippen LogP contribution < -0.4 is 0 Å². The summed E-state index contributed by atoms with van der Waals surface area (Å²) in [6, 6.07) is 0. The van der Waals surface area contributed by atoms with Crippen molar-refractivity contribution in [1.29, 1.82) is 0 Å². The minimum Gasteiger partial charge on any atom is -0.366 e. The van der Waals surface area contributed by atoms with Crippen LogP contribution in [0.25, 0.3) is 0 Å². The summed E-state index contributed by atoms with van der Waals surface area (Å²) in [5.41, 5.74) is 0. The molecule has 1 saturated heterocycles. The number of aromatic amines is 1. The van der Waals surface area contributed by atoms with Gasteiger partial charge in [0.25, 0.3) is 0 Å². The van der Waals surface area contributed by atoms with Crippen molar-refractivity contribution in [2.75, 3.05) is 19.7 Å². The van der Waals surface area contributed by atoms with Crippen LogP contribution in [-0.2, 0) is 16.0 Å². The Labute approximate surface area is 124 Å². The zero-order chi connectivity index (χ0) is 14.7. The highest BCUT2D eigenvalue weighted by Crippen LogP contribution is 2.24. The quantitative estimate of drug-likeness (QED) is 0.855. The molecule has 6 nitrogen and oxygen atoms in total. The summed E-state index contributed by atoms with van der Waals surface area (Å²) in [7, 11) is 0. The van der Waals surface area contributed by atoms with Crippen LogP contribution in [0.1, 0.15) is 43.9 Å². The van der Waals surface area contributed by atoms with Crippen LogP contribution in [0, 0.1) is 5.92 Å². The number of amides is 1.